The lowest BCUT2D eigenvalue weighted by Crippen LogP contribution is -2.06. The molecule has 0 spiro atoms. The molecular weight excluding hydrogens is 180 g/mol. The summed E-state index contributed by atoms with van der Waals surface area (Å²) in [5.41, 5.74) is 1.94. The van der Waals surface area contributed by atoms with Crippen LogP contribution in [0.4, 0.5) is 0 Å². The average Bonchev–Trinajstić information content (AvgIpc) is 2.18. The highest BCUT2D eigenvalue weighted by Gasteiger charge is 2.18. The molecule has 1 aliphatic carbocycles. The van der Waals surface area contributed by atoms with Gasteiger partial charge in [-0.2, -0.15) is 0 Å². The van der Waals surface area contributed by atoms with Gasteiger partial charge >= 0.3 is 5.97 Å². The van der Waals surface area contributed by atoms with Gasteiger partial charge in [0.05, 0.1) is 0 Å². The van der Waals surface area contributed by atoms with Crippen LogP contribution < -0.4 is 0 Å². The Bertz CT molecular complexity index is 382. The van der Waals surface area contributed by atoms with Crippen LogP contribution >= 0.6 is 0 Å². The minimum atomic E-state index is -1.06. The van der Waals surface area contributed by atoms with Crippen LogP contribution in [0.1, 0.15) is 34.3 Å². The van der Waals surface area contributed by atoms with E-state index in [2.05, 4.69) is 0 Å². The molecule has 0 aliphatic heterocycles. The van der Waals surface area contributed by atoms with Gasteiger partial charge in [-0.25, -0.2) is 4.79 Å². The van der Waals surface area contributed by atoms with Gasteiger partial charge in [-0.1, -0.05) is 6.07 Å². The monoisotopic (exact) mass is 192 g/mol. The Labute approximate surface area is 82.0 Å². The van der Waals surface area contributed by atoms with Crippen molar-refractivity contribution in [2.75, 3.05) is 0 Å². The van der Waals surface area contributed by atoms with Crippen molar-refractivity contribution in [3.05, 3.63) is 28.8 Å². The number of aryl methyl sites for hydroxylation is 1. The minimum absolute atomic E-state index is 0.0191. The molecule has 1 aromatic carbocycles. The predicted octanol–water partition coefficient (Wildman–Crippen LogP) is 1.97. The van der Waals surface area contributed by atoms with Gasteiger partial charge in [0.15, 0.2) is 0 Å². The number of rotatable bonds is 1. The molecule has 74 valence electrons. The van der Waals surface area contributed by atoms with Gasteiger partial charge in [0, 0.05) is 0 Å². The van der Waals surface area contributed by atoms with Crippen molar-refractivity contribution in [3.8, 4) is 5.75 Å². The number of aromatic carboxylic acids is 1. The summed E-state index contributed by atoms with van der Waals surface area (Å²) >= 11 is 0. The normalized spacial score (nSPS) is 14.9. The lowest BCUT2D eigenvalue weighted by Gasteiger charge is -2.17. The van der Waals surface area contributed by atoms with E-state index in [-0.39, 0.29) is 11.3 Å². The van der Waals surface area contributed by atoms with Gasteiger partial charge in [-0.3, -0.25) is 0 Å². The number of fused-ring (bicyclic) bond motifs is 1. The zero-order chi connectivity index (χ0) is 10.1. The van der Waals surface area contributed by atoms with Crippen LogP contribution in [0.3, 0.4) is 0 Å². The molecule has 0 heterocycles. The maximum absolute atomic E-state index is 10.7. The van der Waals surface area contributed by atoms with Crippen molar-refractivity contribution < 1.29 is 15.0 Å². The molecule has 0 radical (unpaired) electrons. The molecule has 0 atom stereocenters. The smallest absolute Gasteiger partial charge is 0.339 e. The van der Waals surface area contributed by atoms with Crippen molar-refractivity contribution in [2.45, 2.75) is 25.7 Å². The van der Waals surface area contributed by atoms with Gasteiger partial charge in [-0.05, 0) is 42.9 Å². The van der Waals surface area contributed by atoms with Gasteiger partial charge in [0.25, 0.3) is 0 Å². The predicted molar refractivity (Wildman–Crippen MR) is 51.7 cm³/mol. The Kier molecular flexibility index (Phi) is 2.15. The SMILES string of the molecule is O=C(O)c1ccc2c(c1O)CCCC2. The average molecular weight is 192 g/mol. The van der Waals surface area contributed by atoms with Gasteiger partial charge in [-0.15, -0.1) is 0 Å². The molecule has 0 saturated heterocycles. The van der Waals surface area contributed by atoms with E-state index in [4.69, 9.17) is 5.11 Å². The van der Waals surface area contributed by atoms with Crippen LogP contribution in [0.5, 0.6) is 5.75 Å². The molecule has 0 bridgehead atoms. The van der Waals surface area contributed by atoms with Crippen molar-refractivity contribution >= 4 is 5.97 Å². The number of hydrogen-bond donors (Lipinski definition) is 2. The number of carboxylic acids is 1. The molecule has 2 N–H and O–H groups in total. The molecule has 3 heteroatoms. The van der Waals surface area contributed by atoms with E-state index in [1.54, 1.807) is 0 Å². The largest absolute Gasteiger partial charge is 0.507 e. The van der Waals surface area contributed by atoms with Crippen molar-refractivity contribution in [2.24, 2.45) is 0 Å². The van der Waals surface area contributed by atoms with Gasteiger partial charge < -0.3 is 10.2 Å². The van der Waals surface area contributed by atoms with E-state index in [9.17, 15) is 9.90 Å². The van der Waals surface area contributed by atoms with Crippen molar-refractivity contribution in [1.29, 1.82) is 0 Å². The van der Waals surface area contributed by atoms with Crippen LogP contribution in [0.15, 0.2) is 12.1 Å². The molecule has 0 amide bonds. The first kappa shape index (κ1) is 9.06. The molecule has 0 fully saturated rings. The van der Waals surface area contributed by atoms with E-state index in [1.807, 2.05) is 6.07 Å². The first-order valence-corrected chi connectivity index (χ1v) is 4.77. The fraction of sp³-hybridized carbons (Fsp3) is 0.364. The fourth-order valence-corrected chi connectivity index (χ4v) is 1.98. The lowest BCUT2D eigenvalue weighted by molar-refractivity contribution is 0.0693. The van der Waals surface area contributed by atoms with Crippen LogP contribution in [-0.2, 0) is 12.8 Å². The highest BCUT2D eigenvalue weighted by atomic mass is 16.4. The topological polar surface area (TPSA) is 57.5 Å². The third-order valence-corrected chi connectivity index (χ3v) is 2.73. The maximum Gasteiger partial charge on any atom is 0.339 e. The van der Waals surface area contributed by atoms with Crippen LogP contribution in [0, 0.1) is 0 Å². The Morgan fingerprint density at radius 1 is 1.21 bits per heavy atom. The Hall–Kier alpha value is -1.51. The summed E-state index contributed by atoms with van der Waals surface area (Å²) in [4.78, 5) is 10.7. The fourth-order valence-electron chi connectivity index (χ4n) is 1.98. The van der Waals surface area contributed by atoms with Gasteiger partial charge in [0.2, 0.25) is 0 Å². The van der Waals surface area contributed by atoms with E-state index < -0.39 is 5.97 Å². The van der Waals surface area contributed by atoms with Crippen LogP contribution in [0.25, 0.3) is 0 Å². The molecule has 1 aromatic rings. The molecule has 0 saturated carbocycles. The van der Waals surface area contributed by atoms with Crippen LogP contribution in [-0.4, -0.2) is 16.2 Å². The second-order valence-electron chi connectivity index (χ2n) is 3.61. The number of phenols is 1. The second kappa shape index (κ2) is 3.33. The summed E-state index contributed by atoms with van der Waals surface area (Å²) in [5, 5.41) is 18.5. The summed E-state index contributed by atoms with van der Waals surface area (Å²) in [6.45, 7) is 0. The zero-order valence-corrected chi connectivity index (χ0v) is 7.79. The molecule has 0 aromatic heterocycles. The summed E-state index contributed by atoms with van der Waals surface area (Å²) < 4.78 is 0. The summed E-state index contributed by atoms with van der Waals surface area (Å²) in [6.07, 6.45) is 3.90. The summed E-state index contributed by atoms with van der Waals surface area (Å²) in [5.74, 6) is -1.09. The molecule has 1 aliphatic rings. The molecular formula is C11H12O3. The summed E-state index contributed by atoms with van der Waals surface area (Å²) in [6, 6.07) is 3.31. The maximum atomic E-state index is 10.7. The summed E-state index contributed by atoms with van der Waals surface area (Å²) in [7, 11) is 0. The highest BCUT2D eigenvalue weighted by Crippen LogP contribution is 2.31. The Morgan fingerprint density at radius 3 is 2.64 bits per heavy atom. The number of carbonyl (C=O) groups is 1. The van der Waals surface area contributed by atoms with E-state index in [0.29, 0.717) is 0 Å². The van der Waals surface area contributed by atoms with Crippen LogP contribution in [0.2, 0.25) is 0 Å². The molecule has 14 heavy (non-hydrogen) atoms. The number of carboxylic acid groups (broad SMARTS) is 1. The van der Waals surface area contributed by atoms with E-state index >= 15 is 0 Å². The van der Waals surface area contributed by atoms with Gasteiger partial charge in [0.1, 0.15) is 11.3 Å². The molecule has 3 nitrogen and oxygen atoms in total. The van der Waals surface area contributed by atoms with E-state index in [1.165, 1.54) is 6.07 Å². The third-order valence-electron chi connectivity index (χ3n) is 2.73. The second-order valence-corrected chi connectivity index (χ2v) is 3.61. The number of aromatic hydroxyl groups is 1. The zero-order valence-electron chi connectivity index (χ0n) is 7.79. The minimum Gasteiger partial charge on any atom is -0.507 e. The third kappa shape index (κ3) is 1.35. The number of benzene rings is 1. The molecule has 2 rings (SSSR count). The first-order valence-electron chi connectivity index (χ1n) is 4.77. The standard InChI is InChI=1S/C11H12O3/c12-10-8-4-2-1-3-7(8)5-6-9(10)11(13)14/h5-6,12H,1-4H2,(H,13,14). The van der Waals surface area contributed by atoms with Crippen molar-refractivity contribution in [1.82, 2.24) is 0 Å². The first-order chi connectivity index (χ1) is 6.70. The lowest BCUT2D eigenvalue weighted by atomic mass is 9.89. The Morgan fingerprint density at radius 2 is 1.93 bits per heavy atom. The highest BCUT2D eigenvalue weighted by molar-refractivity contribution is 5.91. The molecule has 0 unspecified atom stereocenters. The van der Waals surface area contributed by atoms with E-state index in [0.717, 1.165) is 36.8 Å². The van der Waals surface area contributed by atoms with Crippen molar-refractivity contribution in [3.63, 3.8) is 0 Å². The number of hydrogen-bond acceptors (Lipinski definition) is 2. The Balaban J connectivity index is 2.54. The quantitative estimate of drug-likeness (QED) is 0.715.